The molecule has 0 radical (unpaired) electrons. The van der Waals surface area contributed by atoms with Gasteiger partial charge in [0.15, 0.2) is 0 Å². The Balaban J connectivity index is 2.37. The van der Waals surface area contributed by atoms with E-state index in [-0.39, 0.29) is 25.4 Å². The highest BCUT2D eigenvalue weighted by molar-refractivity contribution is 5.55. The van der Waals surface area contributed by atoms with Crippen LogP contribution >= 0.6 is 0 Å². The number of rotatable bonds is 5. The fourth-order valence-corrected chi connectivity index (χ4v) is 2.07. The van der Waals surface area contributed by atoms with Crippen molar-refractivity contribution in [1.29, 1.82) is 5.26 Å². The van der Waals surface area contributed by atoms with E-state index in [9.17, 15) is 13.2 Å². The van der Waals surface area contributed by atoms with E-state index in [1.165, 1.54) is 18.4 Å². The Kier molecular flexibility index (Phi) is 4.73. The van der Waals surface area contributed by atoms with Gasteiger partial charge in [0.05, 0.1) is 36.6 Å². The molecule has 0 atom stereocenters. The van der Waals surface area contributed by atoms with Crippen LogP contribution in [0.3, 0.4) is 0 Å². The summed E-state index contributed by atoms with van der Waals surface area (Å²) in [6.07, 6.45) is -3.15. The smallest absolute Gasteiger partial charge is 0.417 e. The van der Waals surface area contributed by atoms with Crippen LogP contribution in [0.15, 0.2) is 41.0 Å². The van der Waals surface area contributed by atoms with Crippen LogP contribution in [-0.4, -0.2) is 18.3 Å². The van der Waals surface area contributed by atoms with E-state index in [0.29, 0.717) is 5.76 Å². The van der Waals surface area contributed by atoms with Gasteiger partial charge in [0.25, 0.3) is 0 Å². The van der Waals surface area contributed by atoms with Crippen LogP contribution < -0.4 is 4.90 Å². The molecule has 0 bridgehead atoms. The summed E-state index contributed by atoms with van der Waals surface area (Å²) >= 11 is 0. The number of nitrogens with zero attached hydrogens (tertiary/aromatic N) is 2. The van der Waals surface area contributed by atoms with E-state index in [0.717, 1.165) is 12.1 Å². The van der Waals surface area contributed by atoms with Crippen molar-refractivity contribution >= 4 is 5.69 Å². The summed E-state index contributed by atoms with van der Waals surface area (Å²) in [5.41, 5.74) is -1.16. The maximum absolute atomic E-state index is 13.0. The highest BCUT2D eigenvalue weighted by atomic mass is 19.4. The minimum absolute atomic E-state index is 0.143. The number of hydrogen-bond acceptors (Lipinski definition) is 4. The molecule has 2 aromatic rings. The maximum Gasteiger partial charge on any atom is 0.417 e. The molecule has 0 amide bonds. The zero-order valence-corrected chi connectivity index (χ0v) is 11.5. The third-order valence-electron chi connectivity index (χ3n) is 3.09. The van der Waals surface area contributed by atoms with E-state index in [4.69, 9.17) is 14.8 Å². The molecule has 1 aromatic heterocycles. The molecule has 2 rings (SSSR count). The van der Waals surface area contributed by atoms with Gasteiger partial charge >= 0.3 is 6.18 Å². The van der Waals surface area contributed by atoms with E-state index < -0.39 is 17.3 Å². The van der Waals surface area contributed by atoms with Crippen molar-refractivity contribution in [1.82, 2.24) is 0 Å². The summed E-state index contributed by atoms with van der Waals surface area (Å²) in [5, 5.41) is 17.9. The van der Waals surface area contributed by atoms with Gasteiger partial charge in [0.1, 0.15) is 5.76 Å². The summed E-state index contributed by atoms with van der Waals surface area (Å²) in [6, 6.07) is 8.37. The molecule has 22 heavy (non-hydrogen) atoms. The summed E-state index contributed by atoms with van der Waals surface area (Å²) in [4.78, 5) is 1.55. The molecule has 0 saturated heterocycles. The third kappa shape index (κ3) is 3.59. The van der Waals surface area contributed by atoms with Gasteiger partial charge in [-0.2, -0.15) is 18.4 Å². The number of anilines is 1. The fraction of sp³-hybridized carbons (Fsp3) is 0.267. The Morgan fingerprint density at radius 2 is 2.05 bits per heavy atom. The van der Waals surface area contributed by atoms with Gasteiger partial charge in [-0.05, 0) is 30.3 Å². The van der Waals surface area contributed by atoms with Gasteiger partial charge in [-0.3, -0.25) is 0 Å². The Morgan fingerprint density at radius 3 is 2.59 bits per heavy atom. The van der Waals surface area contributed by atoms with E-state index in [1.54, 1.807) is 17.0 Å². The first-order valence-electron chi connectivity index (χ1n) is 6.45. The lowest BCUT2D eigenvalue weighted by Gasteiger charge is -2.24. The van der Waals surface area contributed by atoms with Gasteiger partial charge in [0.2, 0.25) is 0 Å². The van der Waals surface area contributed by atoms with Crippen molar-refractivity contribution in [3.63, 3.8) is 0 Å². The molecule has 0 saturated carbocycles. The lowest BCUT2D eigenvalue weighted by molar-refractivity contribution is -0.137. The number of aliphatic hydroxyl groups excluding tert-OH is 1. The van der Waals surface area contributed by atoms with Crippen molar-refractivity contribution in [2.45, 2.75) is 12.7 Å². The molecule has 4 nitrogen and oxygen atoms in total. The first kappa shape index (κ1) is 15.9. The Hall–Kier alpha value is -2.46. The zero-order chi connectivity index (χ0) is 16.2. The van der Waals surface area contributed by atoms with Crippen molar-refractivity contribution < 1.29 is 22.7 Å². The summed E-state index contributed by atoms with van der Waals surface area (Å²) < 4.78 is 44.2. The minimum Gasteiger partial charge on any atom is -0.467 e. The molecule has 0 aliphatic heterocycles. The lowest BCUT2D eigenvalue weighted by Crippen LogP contribution is -2.26. The van der Waals surface area contributed by atoms with Gasteiger partial charge in [-0.15, -0.1) is 0 Å². The van der Waals surface area contributed by atoms with Crippen LogP contribution in [0.5, 0.6) is 0 Å². The standard InChI is InChI=1S/C15H13F3N2O2/c16-15(17,18)14-8-12(4-3-11(14)9-19)20(5-6-21)10-13-2-1-7-22-13/h1-4,7-8,21H,5-6,10H2. The topological polar surface area (TPSA) is 60.4 Å². The number of furan rings is 1. The van der Waals surface area contributed by atoms with Crippen LogP contribution in [0.25, 0.3) is 0 Å². The molecule has 7 heteroatoms. The molecule has 1 N–H and O–H groups in total. The normalized spacial score (nSPS) is 11.2. The SMILES string of the molecule is N#Cc1ccc(N(CCO)Cc2ccco2)cc1C(F)(F)F. The number of aliphatic hydroxyl groups is 1. The molecule has 0 fully saturated rings. The van der Waals surface area contributed by atoms with Gasteiger partial charge in [0, 0.05) is 12.2 Å². The first-order valence-corrected chi connectivity index (χ1v) is 6.45. The highest BCUT2D eigenvalue weighted by Gasteiger charge is 2.34. The Morgan fingerprint density at radius 1 is 1.27 bits per heavy atom. The Labute approximate surface area is 125 Å². The second-order valence-corrected chi connectivity index (χ2v) is 4.56. The second kappa shape index (κ2) is 6.54. The fourth-order valence-electron chi connectivity index (χ4n) is 2.07. The second-order valence-electron chi connectivity index (χ2n) is 4.56. The molecular formula is C15H13F3N2O2. The summed E-state index contributed by atoms with van der Waals surface area (Å²) in [5.74, 6) is 0.561. The minimum atomic E-state index is -4.61. The average molecular weight is 310 g/mol. The van der Waals surface area contributed by atoms with Crippen LogP contribution in [0.2, 0.25) is 0 Å². The summed E-state index contributed by atoms with van der Waals surface area (Å²) in [7, 11) is 0. The highest BCUT2D eigenvalue weighted by Crippen LogP contribution is 2.34. The number of alkyl halides is 3. The molecule has 0 aliphatic carbocycles. The van der Waals surface area contributed by atoms with Crippen molar-refractivity contribution in [2.75, 3.05) is 18.1 Å². The van der Waals surface area contributed by atoms with E-state index >= 15 is 0 Å². The third-order valence-corrected chi connectivity index (χ3v) is 3.09. The number of benzene rings is 1. The van der Waals surface area contributed by atoms with Crippen LogP contribution in [0, 0.1) is 11.3 Å². The number of nitriles is 1. The van der Waals surface area contributed by atoms with Gasteiger partial charge < -0.3 is 14.4 Å². The first-order chi connectivity index (χ1) is 10.5. The van der Waals surface area contributed by atoms with E-state index in [2.05, 4.69) is 0 Å². The van der Waals surface area contributed by atoms with Crippen LogP contribution in [-0.2, 0) is 12.7 Å². The number of halogens is 3. The molecule has 116 valence electrons. The van der Waals surface area contributed by atoms with Crippen molar-refractivity contribution in [3.8, 4) is 6.07 Å². The molecular weight excluding hydrogens is 297 g/mol. The molecule has 0 unspecified atom stereocenters. The largest absolute Gasteiger partial charge is 0.467 e. The van der Waals surface area contributed by atoms with Crippen LogP contribution in [0.1, 0.15) is 16.9 Å². The van der Waals surface area contributed by atoms with Crippen molar-refractivity contribution in [2.24, 2.45) is 0 Å². The Bertz CT molecular complexity index is 660. The predicted octanol–water partition coefficient (Wildman–Crippen LogP) is 3.17. The van der Waals surface area contributed by atoms with Gasteiger partial charge in [-0.1, -0.05) is 0 Å². The molecule has 0 spiro atoms. The lowest BCUT2D eigenvalue weighted by atomic mass is 10.1. The molecule has 1 heterocycles. The maximum atomic E-state index is 13.0. The van der Waals surface area contributed by atoms with Crippen molar-refractivity contribution in [3.05, 3.63) is 53.5 Å². The average Bonchev–Trinajstić information content (AvgIpc) is 2.98. The summed E-state index contributed by atoms with van der Waals surface area (Å²) in [6.45, 7) is 0.142. The predicted molar refractivity (Wildman–Crippen MR) is 73.0 cm³/mol. The number of hydrogen-bond donors (Lipinski definition) is 1. The monoisotopic (exact) mass is 310 g/mol. The van der Waals surface area contributed by atoms with E-state index in [1.807, 2.05) is 0 Å². The molecule has 0 aliphatic rings. The van der Waals surface area contributed by atoms with Crippen LogP contribution in [0.4, 0.5) is 18.9 Å². The quantitative estimate of drug-likeness (QED) is 0.921. The zero-order valence-electron chi connectivity index (χ0n) is 11.5. The molecule has 1 aromatic carbocycles. The van der Waals surface area contributed by atoms with Gasteiger partial charge in [-0.25, -0.2) is 0 Å².